The summed E-state index contributed by atoms with van der Waals surface area (Å²) in [4.78, 5) is 12.0. The van der Waals surface area contributed by atoms with Crippen molar-refractivity contribution in [1.82, 2.24) is 10.0 Å². The quantitative estimate of drug-likeness (QED) is 0.751. The van der Waals surface area contributed by atoms with Gasteiger partial charge in [0.1, 0.15) is 0 Å². The second kappa shape index (κ2) is 7.53. The number of rotatable bonds is 6. The molecule has 0 fully saturated rings. The number of hydrogen-bond acceptors (Lipinski definition) is 3. The monoisotopic (exact) mass is 382 g/mol. The van der Waals surface area contributed by atoms with E-state index in [1.165, 1.54) is 12.1 Å². The number of carbonyl (C=O) groups is 1. The zero-order valence-corrected chi connectivity index (χ0v) is 14.0. The lowest BCUT2D eigenvalue weighted by atomic mass is 10.2. The summed E-state index contributed by atoms with van der Waals surface area (Å²) in [6.07, 6.45) is 0. The van der Waals surface area contributed by atoms with Gasteiger partial charge < -0.3 is 5.32 Å². The van der Waals surface area contributed by atoms with E-state index < -0.39 is 10.0 Å². The first kappa shape index (κ1) is 16.7. The fourth-order valence-electron chi connectivity index (χ4n) is 1.77. The van der Waals surface area contributed by atoms with Gasteiger partial charge in [-0.25, -0.2) is 13.1 Å². The Bertz CT molecular complexity index is 748. The van der Waals surface area contributed by atoms with E-state index in [4.69, 9.17) is 0 Å². The van der Waals surface area contributed by atoms with Crippen LogP contribution in [0, 0.1) is 0 Å². The highest BCUT2D eigenvalue weighted by Crippen LogP contribution is 2.15. The van der Waals surface area contributed by atoms with Crippen molar-refractivity contribution in [3.63, 3.8) is 0 Å². The minimum absolute atomic E-state index is 0.118. The van der Waals surface area contributed by atoms with E-state index in [2.05, 4.69) is 26.0 Å². The Kier molecular flexibility index (Phi) is 5.70. The smallest absolute Gasteiger partial charge is 0.251 e. The summed E-state index contributed by atoms with van der Waals surface area (Å²) in [7, 11) is -3.58. The molecule has 0 radical (unpaired) electrons. The molecular formula is C15H15BrN2O3S. The van der Waals surface area contributed by atoms with Gasteiger partial charge in [-0.2, -0.15) is 0 Å². The van der Waals surface area contributed by atoms with E-state index in [1.807, 2.05) is 6.07 Å². The van der Waals surface area contributed by atoms with Crippen LogP contribution in [0.5, 0.6) is 0 Å². The fourth-order valence-corrected chi connectivity index (χ4v) is 3.40. The largest absolute Gasteiger partial charge is 0.351 e. The van der Waals surface area contributed by atoms with Crippen LogP contribution in [0.2, 0.25) is 0 Å². The maximum absolute atomic E-state index is 12.1. The molecule has 0 aromatic heterocycles. The molecular weight excluding hydrogens is 368 g/mol. The first-order chi connectivity index (χ1) is 10.5. The van der Waals surface area contributed by atoms with E-state index >= 15 is 0 Å². The van der Waals surface area contributed by atoms with Gasteiger partial charge in [0.2, 0.25) is 10.0 Å². The molecule has 2 rings (SSSR count). The molecule has 0 spiro atoms. The number of nitrogens with one attached hydrogen (secondary N) is 2. The van der Waals surface area contributed by atoms with Crippen LogP contribution in [0.4, 0.5) is 0 Å². The van der Waals surface area contributed by atoms with Crippen molar-refractivity contribution in [2.45, 2.75) is 4.90 Å². The molecule has 0 aliphatic carbocycles. The summed E-state index contributed by atoms with van der Waals surface area (Å²) >= 11 is 3.23. The molecule has 0 saturated carbocycles. The first-order valence-electron chi connectivity index (χ1n) is 6.57. The molecule has 0 aliphatic heterocycles. The third-order valence-electron chi connectivity index (χ3n) is 2.85. The van der Waals surface area contributed by atoms with Gasteiger partial charge in [-0.1, -0.05) is 40.2 Å². The molecule has 22 heavy (non-hydrogen) atoms. The molecule has 0 atom stereocenters. The predicted molar refractivity (Wildman–Crippen MR) is 88.1 cm³/mol. The lowest BCUT2D eigenvalue weighted by Crippen LogP contribution is -2.34. The molecule has 0 saturated heterocycles. The number of hydrogen-bond donors (Lipinski definition) is 2. The fraction of sp³-hybridized carbons (Fsp3) is 0.133. The van der Waals surface area contributed by atoms with Crippen LogP contribution in [0.15, 0.2) is 64.0 Å². The van der Waals surface area contributed by atoms with E-state index in [-0.39, 0.29) is 23.9 Å². The minimum Gasteiger partial charge on any atom is -0.351 e. The van der Waals surface area contributed by atoms with Crippen molar-refractivity contribution in [1.29, 1.82) is 0 Å². The van der Waals surface area contributed by atoms with Gasteiger partial charge in [0.15, 0.2) is 0 Å². The Morgan fingerprint density at radius 1 is 1.00 bits per heavy atom. The van der Waals surface area contributed by atoms with Gasteiger partial charge in [0.05, 0.1) is 4.90 Å². The number of carbonyl (C=O) groups excluding carboxylic acids is 1. The van der Waals surface area contributed by atoms with E-state index in [0.29, 0.717) is 10.0 Å². The van der Waals surface area contributed by atoms with Crippen LogP contribution in [-0.4, -0.2) is 27.4 Å². The molecule has 2 aromatic rings. The third kappa shape index (κ3) is 4.66. The lowest BCUT2D eigenvalue weighted by molar-refractivity contribution is 0.0954. The first-order valence-corrected chi connectivity index (χ1v) is 8.85. The molecule has 2 N–H and O–H groups in total. The Morgan fingerprint density at radius 3 is 2.41 bits per heavy atom. The van der Waals surface area contributed by atoms with E-state index in [1.54, 1.807) is 36.4 Å². The Balaban J connectivity index is 1.85. The van der Waals surface area contributed by atoms with Crippen molar-refractivity contribution >= 4 is 31.9 Å². The molecule has 2 aromatic carbocycles. The van der Waals surface area contributed by atoms with Crippen molar-refractivity contribution in [3.8, 4) is 0 Å². The van der Waals surface area contributed by atoms with Crippen LogP contribution < -0.4 is 10.0 Å². The molecule has 0 unspecified atom stereocenters. The van der Waals surface area contributed by atoms with E-state index in [0.717, 1.165) is 0 Å². The number of halogens is 1. The number of amides is 1. The number of benzene rings is 2. The summed E-state index contributed by atoms with van der Waals surface area (Å²) in [5, 5.41) is 2.66. The molecule has 0 bridgehead atoms. The standard InChI is InChI=1S/C15H15BrN2O3S/c16-13-7-4-8-14(11-13)22(20,21)18-10-9-17-15(19)12-5-2-1-3-6-12/h1-8,11,18H,9-10H2,(H,17,19). The Morgan fingerprint density at radius 2 is 1.73 bits per heavy atom. The van der Waals surface area contributed by atoms with Gasteiger partial charge in [0.25, 0.3) is 5.91 Å². The summed E-state index contributed by atoms with van der Waals surface area (Å²) in [6, 6.07) is 15.2. The van der Waals surface area contributed by atoms with Crippen molar-refractivity contribution in [2.24, 2.45) is 0 Å². The second-order valence-corrected chi connectivity index (χ2v) is 7.16. The zero-order valence-electron chi connectivity index (χ0n) is 11.6. The Hall–Kier alpha value is -1.70. The highest BCUT2D eigenvalue weighted by molar-refractivity contribution is 9.10. The summed E-state index contributed by atoms with van der Waals surface area (Å²) in [6.45, 7) is 0.328. The van der Waals surface area contributed by atoms with Crippen LogP contribution in [0.3, 0.4) is 0 Å². The maximum Gasteiger partial charge on any atom is 0.251 e. The molecule has 116 valence electrons. The van der Waals surface area contributed by atoms with Crippen molar-refractivity contribution in [3.05, 3.63) is 64.6 Å². The summed E-state index contributed by atoms with van der Waals surface area (Å²) < 4.78 is 27.2. The zero-order chi connectivity index (χ0) is 16.0. The Labute approximate surface area is 137 Å². The average Bonchev–Trinajstić information content (AvgIpc) is 2.52. The SMILES string of the molecule is O=C(NCCNS(=O)(=O)c1cccc(Br)c1)c1ccccc1. The maximum atomic E-state index is 12.1. The van der Waals surface area contributed by atoms with Crippen LogP contribution >= 0.6 is 15.9 Å². The van der Waals surface area contributed by atoms with Crippen molar-refractivity contribution < 1.29 is 13.2 Å². The van der Waals surface area contributed by atoms with Crippen molar-refractivity contribution in [2.75, 3.05) is 13.1 Å². The van der Waals surface area contributed by atoms with Crippen LogP contribution in [0.25, 0.3) is 0 Å². The molecule has 0 heterocycles. The summed E-state index contributed by atoms with van der Waals surface area (Å²) in [5.74, 6) is -0.234. The highest BCUT2D eigenvalue weighted by atomic mass is 79.9. The minimum atomic E-state index is -3.58. The predicted octanol–water partition coefficient (Wildman–Crippen LogP) is 2.16. The normalized spacial score (nSPS) is 11.1. The third-order valence-corrected chi connectivity index (χ3v) is 4.80. The highest BCUT2D eigenvalue weighted by Gasteiger charge is 2.13. The van der Waals surface area contributed by atoms with E-state index in [9.17, 15) is 13.2 Å². The topological polar surface area (TPSA) is 75.3 Å². The average molecular weight is 383 g/mol. The molecule has 5 nitrogen and oxygen atoms in total. The number of sulfonamides is 1. The summed E-state index contributed by atoms with van der Waals surface area (Å²) in [5.41, 5.74) is 0.539. The van der Waals surface area contributed by atoms with Crippen LogP contribution in [-0.2, 0) is 10.0 Å². The van der Waals surface area contributed by atoms with Gasteiger partial charge in [-0.15, -0.1) is 0 Å². The van der Waals surface area contributed by atoms with Gasteiger partial charge in [0, 0.05) is 23.1 Å². The lowest BCUT2D eigenvalue weighted by Gasteiger charge is -2.08. The van der Waals surface area contributed by atoms with Gasteiger partial charge in [-0.3, -0.25) is 4.79 Å². The van der Waals surface area contributed by atoms with Crippen LogP contribution in [0.1, 0.15) is 10.4 Å². The van der Waals surface area contributed by atoms with Gasteiger partial charge >= 0.3 is 0 Å². The molecule has 7 heteroatoms. The second-order valence-electron chi connectivity index (χ2n) is 4.48. The van der Waals surface area contributed by atoms with Gasteiger partial charge in [-0.05, 0) is 30.3 Å². The molecule has 1 amide bonds. The molecule has 0 aliphatic rings.